The number of aryl methyl sites for hydroxylation is 1. The number of anilines is 2. The molecule has 0 aliphatic carbocycles. The first kappa shape index (κ1) is 23.1. The average molecular weight is 464 g/mol. The van der Waals surface area contributed by atoms with Gasteiger partial charge in [-0.1, -0.05) is 24.3 Å². The van der Waals surface area contributed by atoms with Crippen molar-refractivity contribution < 1.29 is 13.9 Å². The van der Waals surface area contributed by atoms with Crippen LogP contribution in [0.3, 0.4) is 0 Å². The number of hydrogen-bond acceptors (Lipinski definition) is 8. The highest BCUT2D eigenvalue weighted by atomic mass is 19.1. The summed E-state index contributed by atoms with van der Waals surface area (Å²) in [6.45, 7) is 4.94. The fourth-order valence-electron chi connectivity index (χ4n) is 3.83. The van der Waals surface area contributed by atoms with E-state index in [2.05, 4.69) is 37.7 Å². The SMILES string of the molecule is Cc1cccnc1N1CCN(c2ncc(-c3cccc(COC(=O)CC(=N)N)c3F)cn2)CC1. The molecule has 1 aliphatic heterocycles. The van der Waals surface area contributed by atoms with Crippen LogP contribution in [0.1, 0.15) is 17.5 Å². The molecular formula is C24H26FN7O2. The van der Waals surface area contributed by atoms with E-state index >= 15 is 4.39 Å². The smallest absolute Gasteiger partial charge is 0.313 e. The van der Waals surface area contributed by atoms with E-state index < -0.39 is 11.8 Å². The molecule has 9 nitrogen and oxygen atoms in total. The Hall–Kier alpha value is -4.08. The number of pyridine rings is 1. The molecule has 3 heterocycles. The van der Waals surface area contributed by atoms with Crippen molar-refractivity contribution in [3.8, 4) is 11.1 Å². The molecular weight excluding hydrogens is 437 g/mol. The number of amidine groups is 1. The van der Waals surface area contributed by atoms with Gasteiger partial charge in [0.25, 0.3) is 0 Å². The Labute approximate surface area is 196 Å². The first-order valence-electron chi connectivity index (χ1n) is 10.9. The highest BCUT2D eigenvalue weighted by Crippen LogP contribution is 2.26. The molecule has 1 aliphatic rings. The molecule has 2 aromatic heterocycles. The van der Waals surface area contributed by atoms with E-state index in [0.29, 0.717) is 17.1 Å². The van der Waals surface area contributed by atoms with Gasteiger partial charge >= 0.3 is 5.97 Å². The lowest BCUT2D eigenvalue weighted by atomic mass is 10.1. The third-order valence-corrected chi connectivity index (χ3v) is 5.60. The third-order valence-electron chi connectivity index (χ3n) is 5.60. The molecule has 0 spiro atoms. The Morgan fingerprint density at radius 1 is 1.09 bits per heavy atom. The quantitative estimate of drug-likeness (QED) is 0.312. The van der Waals surface area contributed by atoms with Gasteiger partial charge in [0, 0.05) is 61.5 Å². The minimum absolute atomic E-state index is 0.222. The molecule has 0 radical (unpaired) electrons. The topological polar surface area (TPSA) is 121 Å². The summed E-state index contributed by atoms with van der Waals surface area (Å²) >= 11 is 0. The number of esters is 1. The maximum Gasteiger partial charge on any atom is 0.313 e. The molecule has 176 valence electrons. The van der Waals surface area contributed by atoms with Crippen LogP contribution in [0.5, 0.6) is 0 Å². The van der Waals surface area contributed by atoms with E-state index in [1.807, 2.05) is 6.07 Å². The van der Waals surface area contributed by atoms with E-state index in [1.165, 1.54) is 6.07 Å². The van der Waals surface area contributed by atoms with Crippen LogP contribution in [0.25, 0.3) is 11.1 Å². The summed E-state index contributed by atoms with van der Waals surface area (Å²) in [6.07, 6.45) is 4.68. The molecule has 0 unspecified atom stereocenters. The zero-order valence-corrected chi connectivity index (χ0v) is 18.9. The first-order chi connectivity index (χ1) is 16.4. The highest BCUT2D eigenvalue weighted by Gasteiger charge is 2.21. The Kier molecular flexibility index (Phi) is 6.95. The summed E-state index contributed by atoms with van der Waals surface area (Å²) < 4.78 is 20.0. The largest absolute Gasteiger partial charge is 0.460 e. The number of nitrogens with zero attached hydrogens (tertiary/aromatic N) is 5. The van der Waals surface area contributed by atoms with Crippen molar-refractivity contribution >= 4 is 23.6 Å². The van der Waals surface area contributed by atoms with Gasteiger partial charge in [0.2, 0.25) is 5.95 Å². The normalized spacial score (nSPS) is 13.6. The Morgan fingerprint density at radius 3 is 2.47 bits per heavy atom. The molecule has 0 amide bonds. The summed E-state index contributed by atoms with van der Waals surface area (Å²) in [4.78, 5) is 29.4. The van der Waals surface area contributed by atoms with Crippen LogP contribution in [-0.2, 0) is 16.1 Å². The zero-order chi connectivity index (χ0) is 24.1. The highest BCUT2D eigenvalue weighted by molar-refractivity contribution is 5.94. The molecule has 10 heteroatoms. The number of nitrogens with one attached hydrogen (secondary N) is 1. The van der Waals surface area contributed by atoms with Gasteiger partial charge in [-0.25, -0.2) is 19.3 Å². The van der Waals surface area contributed by atoms with Crippen molar-refractivity contribution in [1.29, 1.82) is 5.41 Å². The standard InChI is InChI=1S/C24H26FN7O2/c1-16-4-3-7-28-23(16)31-8-10-32(11-9-31)24-29-13-18(14-30-24)19-6-2-5-17(22(19)25)15-34-21(33)12-20(26)27/h2-7,13-14H,8-12,15H2,1H3,(H3,26,27). The number of hydrogen-bond donors (Lipinski definition) is 2. The van der Waals surface area contributed by atoms with Gasteiger partial charge in [-0.15, -0.1) is 0 Å². The molecule has 34 heavy (non-hydrogen) atoms. The van der Waals surface area contributed by atoms with E-state index in [4.69, 9.17) is 15.9 Å². The van der Waals surface area contributed by atoms with E-state index in [-0.39, 0.29) is 24.4 Å². The number of carbonyl (C=O) groups excluding carboxylic acids is 1. The van der Waals surface area contributed by atoms with Gasteiger partial charge in [-0.2, -0.15) is 0 Å². The zero-order valence-electron chi connectivity index (χ0n) is 18.9. The van der Waals surface area contributed by atoms with Crippen molar-refractivity contribution in [2.24, 2.45) is 5.73 Å². The van der Waals surface area contributed by atoms with Gasteiger partial charge < -0.3 is 20.3 Å². The molecule has 1 aromatic carbocycles. The second-order valence-corrected chi connectivity index (χ2v) is 8.03. The number of ether oxygens (including phenoxy) is 1. The number of carbonyl (C=O) groups is 1. The lowest BCUT2D eigenvalue weighted by molar-refractivity contribution is -0.143. The molecule has 0 bridgehead atoms. The number of benzene rings is 1. The monoisotopic (exact) mass is 463 g/mol. The van der Waals surface area contributed by atoms with E-state index in [0.717, 1.165) is 37.6 Å². The summed E-state index contributed by atoms with van der Waals surface area (Å²) in [5.41, 5.74) is 7.40. The molecule has 1 fully saturated rings. The van der Waals surface area contributed by atoms with Crippen molar-refractivity contribution in [3.05, 3.63) is 65.9 Å². The Balaban J connectivity index is 1.41. The molecule has 3 aromatic rings. The minimum Gasteiger partial charge on any atom is -0.460 e. The Morgan fingerprint density at radius 2 is 1.79 bits per heavy atom. The molecule has 4 rings (SSSR count). The second-order valence-electron chi connectivity index (χ2n) is 8.03. The molecule has 0 saturated carbocycles. The number of nitrogens with two attached hydrogens (primary N) is 1. The van der Waals surface area contributed by atoms with Crippen LogP contribution in [0, 0.1) is 18.2 Å². The van der Waals surface area contributed by atoms with Gasteiger partial charge in [0.05, 0.1) is 0 Å². The van der Waals surface area contributed by atoms with Crippen molar-refractivity contribution in [3.63, 3.8) is 0 Å². The predicted octanol–water partition coefficient (Wildman–Crippen LogP) is 2.68. The summed E-state index contributed by atoms with van der Waals surface area (Å²) in [5, 5.41) is 7.13. The summed E-state index contributed by atoms with van der Waals surface area (Å²) in [5.74, 6) is 0.110. The van der Waals surface area contributed by atoms with Crippen LogP contribution >= 0.6 is 0 Å². The van der Waals surface area contributed by atoms with Gasteiger partial charge in [0.15, 0.2) is 0 Å². The number of rotatable bonds is 7. The van der Waals surface area contributed by atoms with Crippen molar-refractivity contribution in [2.75, 3.05) is 36.0 Å². The number of halogens is 1. The van der Waals surface area contributed by atoms with Gasteiger partial charge in [-0.3, -0.25) is 10.2 Å². The van der Waals surface area contributed by atoms with Crippen LogP contribution in [0.2, 0.25) is 0 Å². The number of aromatic nitrogens is 3. The van der Waals surface area contributed by atoms with Gasteiger partial charge in [-0.05, 0) is 18.6 Å². The lowest BCUT2D eigenvalue weighted by Gasteiger charge is -2.36. The minimum atomic E-state index is -0.678. The fraction of sp³-hybridized carbons (Fsp3) is 0.292. The van der Waals surface area contributed by atoms with Crippen molar-refractivity contribution in [2.45, 2.75) is 20.0 Å². The summed E-state index contributed by atoms with van der Waals surface area (Å²) in [7, 11) is 0. The van der Waals surface area contributed by atoms with E-state index in [9.17, 15) is 4.79 Å². The third kappa shape index (κ3) is 5.28. The Bertz CT molecular complexity index is 1180. The number of piperazine rings is 1. The maximum atomic E-state index is 15.0. The van der Waals surface area contributed by atoms with Gasteiger partial charge in [0.1, 0.15) is 30.5 Å². The van der Waals surface area contributed by atoms with Crippen molar-refractivity contribution in [1.82, 2.24) is 15.0 Å². The molecule has 0 atom stereocenters. The second kappa shape index (κ2) is 10.2. The predicted molar refractivity (Wildman–Crippen MR) is 127 cm³/mol. The fourth-order valence-corrected chi connectivity index (χ4v) is 3.83. The maximum absolute atomic E-state index is 15.0. The van der Waals surface area contributed by atoms with Crippen LogP contribution < -0.4 is 15.5 Å². The summed E-state index contributed by atoms with van der Waals surface area (Å²) in [6, 6.07) is 8.84. The first-order valence-corrected chi connectivity index (χ1v) is 10.9. The molecule has 3 N–H and O–H groups in total. The average Bonchev–Trinajstić information content (AvgIpc) is 2.84. The lowest BCUT2D eigenvalue weighted by Crippen LogP contribution is -2.47. The van der Waals surface area contributed by atoms with Crippen LogP contribution in [0.15, 0.2) is 48.9 Å². The van der Waals surface area contributed by atoms with E-state index in [1.54, 1.807) is 30.7 Å². The molecule has 1 saturated heterocycles. The van der Waals surface area contributed by atoms with Crippen LogP contribution in [0.4, 0.5) is 16.2 Å². The van der Waals surface area contributed by atoms with Crippen LogP contribution in [-0.4, -0.2) is 52.9 Å².